The van der Waals surface area contributed by atoms with Crippen molar-refractivity contribution < 1.29 is 27.5 Å². The first-order valence-corrected chi connectivity index (χ1v) is 10.3. The molecule has 2 aromatic carbocycles. The van der Waals surface area contributed by atoms with Crippen LogP contribution in [0.2, 0.25) is 0 Å². The van der Waals surface area contributed by atoms with Crippen LogP contribution >= 0.6 is 0 Å². The van der Waals surface area contributed by atoms with Crippen LogP contribution in [-0.4, -0.2) is 46.0 Å². The molecule has 0 bridgehead atoms. The molecule has 2 rings (SSSR count). The van der Waals surface area contributed by atoms with E-state index in [9.17, 15) is 18.0 Å². The van der Waals surface area contributed by atoms with E-state index in [-0.39, 0.29) is 16.2 Å². The van der Waals surface area contributed by atoms with Crippen LogP contribution in [0.4, 0.5) is 0 Å². The third-order valence-corrected chi connectivity index (χ3v) is 5.29. The summed E-state index contributed by atoms with van der Waals surface area (Å²) in [4.78, 5) is 25.9. The zero-order valence-corrected chi connectivity index (χ0v) is 17.6. The van der Waals surface area contributed by atoms with Crippen molar-refractivity contribution in [2.75, 3.05) is 20.8 Å². The summed E-state index contributed by atoms with van der Waals surface area (Å²) >= 11 is 0. The van der Waals surface area contributed by atoms with E-state index < -0.39 is 28.5 Å². The SMILES string of the molecule is COc1ccc(S(N)(=O)=O)cc1C(=O)OCC(=O)N(C)Cc1ccc(C)cc1C. The van der Waals surface area contributed by atoms with Gasteiger partial charge in [-0.05, 0) is 43.2 Å². The van der Waals surface area contributed by atoms with Crippen molar-refractivity contribution >= 4 is 21.9 Å². The zero-order chi connectivity index (χ0) is 21.8. The minimum Gasteiger partial charge on any atom is -0.496 e. The van der Waals surface area contributed by atoms with E-state index in [1.165, 1.54) is 24.1 Å². The Labute approximate surface area is 170 Å². The molecule has 0 radical (unpaired) electrons. The van der Waals surface area contributed by atoms with Crippen LogP contribution < -0.4 is 9.88 Å². The van der Waals surface area contributed by atoms with Gasteiger partial charge in [-0.1, -0.05) is 23.8 Å². The van der Waals surface area contributed by atoms with E-state index in [0.717, 1.165) is 22.8 Å². The number of sulfonamides is 1. The van der Waals surface area contributed by atoms with Gasteiger partial charge in [-0.15, -0.1) is 0 Å². The molecule has 2 N–H and O–H groups in total. The molecule has 0 spiro atoms. The summed E-state index contributed by atoms with van der Waals surface area (Å²) in [5, 5.41) is 5.09. The van der Waals surface area contributed by atoms with Gasteiger partial charge in [0.15, 0.2) is 6.61 Å². The highest BCUT2D eigenvalue weighted by molar-refractivity contribution is 7.89. The molecule has 0 aliphatic carbocycles. The van der Waals surface area contributed by atoms with Crippen LogP contribution in [0.25, 0.3) is 0 Å². The molecular weight excluding hydrogens is 396 g/mol. The molecule has 29 heavy (non-hydrogen) atoms. The Morgan fingerprint density at radius 2 is 1.79 bits per heavy atom. The molecule has 0 aromatic heterocycles. The normalized spacial score (nSPS) is 11.1. The number of nitrogens with two attached hydrogens (primary N) is 1. The third kappa shape index (κ3) is 5.78. The van der Waals surface area contributed by atoms with Crippen molar-refractivity contribution in [3.63, 3.8) is 0 Å². The van der Waals surface area contributed by atoms with Crippen molar-refractivity contribution in [2.45, 2.75) is 25.3 Å². The van der Waals surface area contributed by atoms with Crippen molar-refractivity contribution in [3.05, 3.63) is 58.7 Å². The van der Waals surface area contributed by atoms with E-state index in [0.29, 0.717) is 6.54 Å². The quantitative estimate of drug-likeness (QED) is 0.683. The van der Waals surface area contributed by atoms with Crippen molar-refractivity contribution in [2.24, 2.45) is 5.14 Å². The van der Waals surface area contributed by atoms with E-state index in [2.05, 4.69) is 0 Å². The fourth-order valence-corrected chi connectivity index (χ4v) is 3.25. The fraction of sp³-hybridized carbons (Fsp3) is 0.300. The van der Waals surface area contributed by atoms with Gasteiger partial charge in [0.2, 0.25) is 10.0 Å². The van der Waals surface area contributed by atoms with Gasteiger partial charge in [0.05, 0.1) is 12.0 Å². The first-order chi connectivity index (χ1) is 13.5. The van der Waals surface area contributed by atoms with Gasteiger partial charge in [0, 0.05) is 13.6 Å². The average Bonchev–Trinajstić information content (AvgIpc) is 2.66. The monoisotopic (exact) mass is 420 g/mol. The molecule has 1 amide bonds. The Balaban J connectivity index is 2.07. The first kappa shape index (κ1) is 22.4. The number of carbonyl (C=O) groups is 2. The summed E-state index contributed by atoms with van der Waals surface area (Å²) < 4.78 is 33.1. The summed E-state index contributed by atoms with van der Waals surface area (Å²) in [5.74, 6) is -1.18. The van der Waals surface area contributed by atoms with E-state index >= 15 is 0 Å². The lowest BCUT2D eigenvalue weighted by Crippen LogP contribution is -2.31. The van der Waals surface area contributed by atoms with Crippen LogP contribution in [0, 0.1) is 13.8 Å². The topological polar surface area (TPSA) is 116 Å². The molecular formula is C20H24N2O6S. The molecule has 0 heterocycles. The first-order valence-electron chi connectivity index (χ1n) is 8.71. The predicted molar refractivity (Wildman–Crippen MR) is 107 cm³/mol. The second-order valence-electron chi connectivity index (χ2n) is 6.66. The van der Waals surface area contributed by atoms with Gasteiger partial charge in [0.1, 0.15) is 11.3 Å². The molecule has 0 saturated heterocycles. The Morgan fingerprint density at radius 3 is 2.38 bits per heavy atom. The summed E-state index contributed by atoms with van der Waals surface area (Å²) in [6, 6.07) is 9.51. The maximum absolute atomic E-state index is 12.4. The molecule has 9 heteroatoms. The van der Waals surface area contributed by atoms with Crippen LogP contribution in [0.15, 0.2) is 41.3 Å². The molecule has 0 unspecified atom stereocenters. The number of methoxy groups -OCH3 is 1. The van der Waals surface area contributed by atoms with Gasteiger partial charge in [0.25, 0.3) is 5.91 Å². The van der Waals surface area contributed by atoms with Crippen LogP contribution in [0.5, 0.6) is 5.75 Å². The number of rotatable bonds is 7. The lowest BCUT2D eigenvalue weighted by atomic mass is 10.1. The molecule has 0 saturated carbocycles. The summed E-state index contributed by atoms with van der Waals surface area (Å²) in [5.41, 5.74) is 3.04. The molecule has 0 aliphatic rings. The average molecular weight is 420 g/mol. The highest BCUT2D eigenvalue weighted by atomic mass is 32.2. The van der Waals surface area contributed by atoms with Crippen LogP contribution in [0.1, 0.15) is 27.0 Å². The van der Waals surface area contributed by atoms with Crippen molar-refractivity contribution in [3.8, 4) is 5.75 Å². The van der Waals surface area contributed by atoms with Gasteiger partial charge >= 0.3 is 5.97 Å². The molecule has 0 aliphatic heterocycles. The Morgan fingerprint density at radius 1 is 1.10 bits per heavy atom. The van der Waals surface area contributed by atoms with Gasteiger partial charge in [-0.25, -0.2) is 18.4 Å². The number of likely N-dealkylation sites (N-methyl/N-ethyl adjacent to an activating group) is 1. The summed E-state index contributed by atoms with van der Waals surface area (Å²) in [6.07, 6.45) is 0. The number of aryl methyl sites for hydroxylation is 2. The largest absolute Gasteiger partial charge is 0.496 e. The minimum absolute atomic E-state index is 0.110. The van der Waals surface area contributed by atoms with Crippen LogP contribution in [0.3, 0.4) is 0 Å². The number of benzene rings is 2. The van der Waals surface area contributed by atoms with Crippen molar-refractivity contribution in [1.82, 2.24) is 4.90 Å². The maximum atomic E-state index is 12.4. The molecule has 156 valence electrons. The predicted octanol–water partition coefficient (Wildman–Crippen LogP) is 1.77. The zero-order valence-electron chi connectivity index (χ0n) is 16.8. The number of amides is 1. The number of carbonyl (C=O) groups excluding carboxylic acids is 2. The van der Waals surface area contributed by atoms with Gasteiger partial charge in [-0.2, -0.15) is 0 Å². The lowest BCUT2D eigenvalue weighted by molar-refractivity contribution is -0.133. The minimum atomic E-state index is -4.01. The van der Waals surface area contributed by atoms with E-state index in [4.69, 9.17) is 14.6 Å². The Bertz CT molecular complexity index is 1030. The smallest absolute Gasteiger partial charge is 0.342 e. The molecule has 0 atom stereocenters. The van der Waals surface area contributed by atoms with Gasteiger partial charge < -0.3 is 14.4 Å². The highest BCUT2D eigenvalue weighted by Crippen LogP contribution is 2.23. The maximum Gasteiger partial charge on any atom is 0.342 e. The number of hydrogen-bond acceptors (Lipinski definition) is 6. The molecule has 2 aromatic rings. The molecule has 0 fully saturated rings. The third-order valence-electron chi connectivity index (χ3n) is 4.38. The van der Waals surface area contributed by atoms with Crippen molar-refractivity contribution in [1.29, 1.82) is 0 Å². The number of nitrogens with zero attached hydrogens (tertiary/aromatic N) is 1. The number of ether oxygens (including phenoxy) is 2. The number of esters is 1. The lowest BCUT2D eigenvalue weighted by Gasteiger charge is -2.19. The van der Waals surface area contributed by atoms with E-state index in [1.54, 1.807) is 7.05 Å². The summed E-state index contributed by atoms with van der Waals surface area (Å²) in [7, 11) is -1.08. The fourth-order valence-electron chi connectivity index (χ4n) is 2.71. The highest BCUT2D eigenvalue weighted by Gasteiger charge is 2.20. The number of primary sulfonamides is 1. The van der Waals surface area contributed by atoms with Gasteiger partial charge in [-0.3, -0.25) is 4.79 Å². The Hall–Kier alpha value is -2.91. The second-order valence-corrected chi connectivity index (χ2v) is 8.22. The Kier molecular flexibility index (Phi) is 6.99. The standard InChI is InChI=1S/C20H24N2O6S/c1-13-5-6-15(14(2)9-13)11-22(3)19(23)12-28-20(24)17-10-16(29(21,25)26)7-8-18(17)27-4/h5-10H,11-12H2,1-4H3,(H2,21,25,26). The summed E-state index contributed by atoms with van der Waals surface area (Å²) in [6.45, 7) is 3.82. The number of hydrogen-bond donors (Lipinski definition) is 1. The second kappa shape index (κ2) is 9.06. The molecule has 8 nitrogen and oxygen atoms in total. The van der Waals surface area contributed by atoms with E-state index in [1.807, 2.05) is 32.0 Å². The van der Waals surface area contributed by atoms with Crippen LogP contribution in [-0.2, 0) is 26.1 Å².